The molecule has 1 atom stereocenters. The Labute approximate surface area is 108 Å². The fraction of sp³-hybridized carbons (Fsp3) is 0.571. The molecule has 2 N–H and O–H groups in total. The van der Waals surface area contributed by atoms with Crippen LogP contribution in [0.25, 0.3) is 0 Å². The Hall–Kier alpha value is -1.26. The third kappa shape index (κ3) is 3.37. The van der Waals surface area contributed by atoms with Gasteiger partial charge in [0.25, 0.3) is 0 Å². The van der Waals surface area contributed by atoms with Crippen LogP contribution in [0.4, 0.5) is 0 Å². The Kier molecular flexibility index (Phi) is 4.84. The van der Waals surface area contributed by atoms with Crippen LogP contribution in [0, 0.1) is 0 Å². The highest BCUT2D eigenvalue weighted by Crippen LogP contribution is 2.33. The summed E-state index contributed by atoms with van der Waals surface area (Å²) in [5, 5.41) is 13.3. The third-order valence-corrected chi connectivity index (χ3v) is 3.08. The average Bonchev–Trinajstić information content (AvgIpc) is 2.85. The fourth-order valence-electron chi connectivity index (χ4n) is 1.98. The molecule has 1 aliphatic heterocycles. The Morgan fingerprint density at radius 2 is 2.11 bits per heavy atom. The van der Waals surface area contributed by atoms with Gasteiger partial charge in [-0.05, 0) is 30.7 Å². The van der Waals surface area contributed by atoms with Crippen LogP contribution in [0.15, 0.2) is 18.2 Å². The maximum atomic E-state index is 10.0. The summed E-state index contributed by atoms with van der Waals surface area (Å²) in [6, 6.07) is 5.57. The van der Waals surface area contributed by atoms with Crippen molar-refractivity contribution in [1.29, 1.82) is 0 Å². The zero-order chi connectivity index (χ0) is 12.8. The lowest BCUT2D eigenvalue weighted by molar-refractivity contribution is 0.170. The molecule has 1 aromatic rings. The molecule has 0 spiro atoms. The number of aliphatic hydroxyl groups excluding tert-OH is 1. The topological polar surface area (TPSA) is 50.7 Å². The van der Waals surface area contributed by atoms with E-state index in [1.807, 2.05) is 18.2 Å². The van der Waals surface area contributed by atoms with Gasteiger partial charge in [0.15, 0.2) is 11.5 Å². The average molecular weight is 251 g/mol. The van der Waals surface area contributed by atoms with E-state index in [0.717, 1.165) is 30.0 Å². The predicted molar refractivity (Wildman–Crippen MR) is 69.9 cm³/mol. The minimum absolute atomic E-state index is 0.268. The van der Waals surface area contributed by atoms with Crippen molar-refractivity contribution in [3.8, 4) is 11.5 Å². The van der Waals surface area contributed by atoms with Crippen molar-refractivity contribution in [1.82, 2.24) is 5.32 Å². The van der Waals surface area contributed by atoms with Crippen molar-refractivity contribution in [3.05, 3.63) is 23.8 Å². The van der Waals surface area contributed by atoms with Crippen LogP contribution in [0.1, 0.15) is 37.9 Å². The van der Waals surface area contributed by atoms with Crippen LogP contribution in [0.2, 0.25) is 0 Å². The molecule has 0 fully saturated rings. The molecule has 0 amide bonds. The zero-order valence-corrected chi connectivity index (χ0v) is 10.8. The molecule has 4 heteroatoms. The van der Waals surface area contributed by atoms with Gasteiger partial charge in [0.1, 0.15) is 0 Å². The molecule has 1 aliphatic rings. The van der Waals surface area contributed by atoms with Gasteiger partial charge >= 0.3 is 0 Å². The van der Waals surface area contributed by atoms with Crippen LogP contribution < -0.4 is 14.8 Å². The lowest BCUT2D eigenvalue weighted by Crippen LogP contribution is -2.22. The molecule has 1 unspecified atom stereocenters. The van der Waals surface area contributed by atoms with Gasteiger partial charge in [0, 0.05) is 6.54 Å². The van der Waals surface area contributed by atoms with E-state index in [-0.39, 0.29) is 6.79 Å². The largest absolute Gasteiger partial charge is 0.454 e. The molecule has 0 saturated heterocycles. The van der Waals surface area contributed by atoms with E-state index in [4.69, 9.17) is 9.47 Å². The van der Waals surface area contributed by atoms with E-state index >= 15 is 0 Å². The highest BCUT2D eigenvalue weighted by Gasteiger charge is 2.16. The number of hydrogen-bond acceptors (Lipinski definition) is 4. The van der Waals surface area contributed by atoms with Gasteiger partial charge in [-0.25, -0.2) is 0 Å². The summed E-state index contributed by atoms with van der Waals surface area (Å²) < 4.78 is 10.5. The minimum Gasteiger partial charge on any atom is -0.454 e. The third-order valence-electron chi connectivity index (χ3n) is 3.08. The quantitative estimate of drug-likeness (QED) is 0.730. The van der Waals surface area contributed by atoms with E-state index in [1.54, 1.807) is 0 Å². The van der Waals surface area contributed by atoms with Crippen molar-refractivity contribution >= 4 is 0 Å². The lowest BCUT2D eigenvalue weighted by Gasteiger charge is -2.12. The van der Waals surface area contributed by atoms with E-state index in [2.05, 4.69) is 12.2 Å². The van der Waals surface area contributed by atoms with Crippen molar-refractivity contribution in [2.75, 3.05) is 19.9 Å². The van der Waals surface area contributed by atoms with Crippen LogP contribution in [0.5, 0.6) is 11.5 Å². The molecule has 1 aromatic carbocycles. The van der Waals surface area contributed by atoms with E-state index in [0.29, 0.717) is 6.54 Å². The van der Waals surface area contributed by atoms with Crippen molar-refractivity contribution in [3.63, 3.8) is 0 Å². The van der Waals surface area contributed by atoms with E-state index < -0.39 is 6.10 Å². The first-order chi connectivity index (χ1) is 8.81. The lowest BCUT2D eigenvalue weighted by atomic mass is 10.1. The molecule has 0 aromatic heterocycles. The van der Waals surface area contributed by atoms with Crippen molar-refractivity contribution in [2.24, 2.45) is 0 Å². The summed E-state index contributed by atoms with van der Waals surface area (Å²) in [5.41, 5.74) is 0.863. The summed E-state index contributed by atoms with van der Waals surface area (Å²) >= 11 is 0. The first kappa shape index (κ1) is 13.2. The molecular weight excluding hydrogens is 230 g/mol. The Morgan fingerprint density at radius 3 is 2.94 bits per heavy atom. The van der Waals surface area contributed by atoms with Crippen molar-refractivity contribution < 1.29 is 14.6 Å². The summed E-state index contributed by atoms with van der Waals surface area (Å²) in [4.78, 5) is 0. The summed E-state index contributed by atoms with van der Waals surface area (Å²) in [6.07, 6.45) is 3.10. The smallest absolute Gasteiger partial charge is 0.231 e. The van der Waals surface area contributed by atoms with Gasteiger partial charge in [-0.1, -0.05) is 25.8 Å². The van der Waals surface area contributed by atoms with E-state index in [9.17, 15) is 5.11 Å². The number of rotatable bonds is 7. The van der Waals surface area contributed by atoms with Gasteiger partial charge in [0.2, 0.25) is 6.79 Å². The van der Waals surface area contributed by atoms with Gasteiger partial charge in [0.05, 0.1) is 6.10 Å². The second-order valence-electron chi connectivity index (χ2n) is 4.54. The van der Waals surface area contributed by atoms with Crippen molar-refractivity contribution in [2.45, 2.75) is 32.3 Å². The summed E-state index contributed by atoms with van der Waals surface area (Å²) in [5.74, 6) is 1.47. The number of nitrogens with one attached hydrogen (secondary N) is 1. The molecule has 2 rings (SSSR count). The zero-order valence-electron chi connectivity index (χ0n) is 10.8. The first-order valence-corrected chi connectivity index (χ1v) is 6.59. The number of hydrogen-bond donors (Lipinski definition) is 2. The highest BCUT2D eigenvalue weighted by molar-refractivity contribution is 5.45. The van der Waals surface area contributed by atoms with Crippen LogP contribution in [-0.2, 0) is 0 Å². The molecule has 18 heavy (non-hydrogen) atoms. The Balaban J connectivity index is 1.80. The van der Waals surface area contributed by atoms with Crippen LogP contribution >= 0.6 is 0 Å². The minimum atomic E-state index is -0.499. The SMILES string of the molecule is CCCCCNCC(O)c1ccc2c(c1)OCO2. The number of benzene rings is 1. The number of ether oxygens (including phenoxy) is 2. The molecule has 0 radical (unpaired) electrons. The Bertz CT molecular complexity index is 381. The second-order valence-corrected chi connectivity index (χ2v) is 4.54. The summed E-state index contributed by atoms with van der Waals surface area (Å²) in [7, 11) is 0. The molecule has 0 saturated carbocycles. The number of unbranched alkanes of at least 4 members (excludes halogenated alkanes) is 2. The first-order valence-electron chi connectivity index (χ1n) is 6.59. The Morgan fingerprint density at radius 1 is 1.28 bits per heavy atom. The van der Waals surface area contributed by atoms with Gasteiger partial charge < -0.3 is 19.9 Å². The van der Waals surface area contributed by atoms with Gasteiger partial charge in [-0.2, -0.15) is 0 Å². The fourth-order valence-corrected chi connectivity index (χ4v) is 1.98. The maximum Gasteiger partial charge on any atom is 0.231 e. The van der Waals surface area contributed by atoms with Crippen LogP contribution in [-0.4, -0.2) is 25.0 Å². The number of fused-ring (bicyclic) bond motifs is 1. The highest BCUT2D eigenvalue weighted by atomic mass is 16.7. The predicted octanol–water partition coefficient (Wildman–Crippen LogP) is 2.23. The van der Waals surface area contributed by atoms with Gasteiger partial charge in [-0.3, -0.25) is 0 Å². The standard InChI is InChI=1S/C14H21NO3/c1-2-3-4-7-15-9-12(16)11-5-6-13-14(8-11)18-10-17-13/h5-6,8,12,15-16H,2-4,7,9-10H2,1H3. The molecule has 1 heterocycles. The van der Waals surface area contributed by atoms with E-state index in [1.165, 1.54) is 12.8 Å². The normalized spacial score (nSPS) is 14.8. The molecule has 0 aliphatic carbocycles. The maximum absolute atomic E-state index is 10.0. The molecule has 4 nitrogen and oxygen atoms in total. The molecule has 100 valence electrons. The molecular formula is C14H21NO3. The monoisotopic (exact) mass is 251 g/mol. The van der Waals surface area contributed by atoms with Gasteiger partial charge in [-0.15, -0.1) is 0 Å². The van der Waals surface area contributed by atoms with Crippen LogP contribution in [0.3, 0.4) is 0 Å². The summed E-state index contributed by atoms with van der Waals surface area (Å²) in [6.45, 7) is 3.98. The number of aliphatic hydroxyl groups is 1. The second kappa shape index (κ2) is 6.61. The molecule has 0 bridgehead atoms.